The van der Waals surface area contributed by atoms with E-state index in [-0.39, 0.29) is 11.9 Å². The number of hydrogen-bond donors (Lipinski definition) is 3. The molecule has 0 aliphatic rings. The number of nitrogen functional groups attached to an aromatic ring is 1. The molecule has 0 aliphatic heterocycles. The van der Waals surface area contributed by atoms with Crippen LogP contribution < -0.4 is 16.2 Å². The zero-order valence-electron chi connectivity index (χ0n) is 19.5. The maximum Gasteiger partial charge on any atom is 0.217 e. The van der Waals surface area contributed by atoms with Gasteiger partial charge >= 0.3 is 0 Å². The molecular weight excluding hydrogens is 434 g/mol. The van der Waals surface area contributed by atoms with Crippen LogP contribution in [0.4, 0.5) is 5.82 Å². The second kappa shape index (κ2) is 9.13. The lowest BCUT2D eigenvalue weighted by Crippen LogP contribution is -2.29. The molecular formula is C24H27N7O3. The van der Waals surface area contributed by atoms with Crippen LogP contribution in [0.2, 0.25) is 0 Å². The molecule has 0 bridgehead atoms. The number of anilines is 1. The minimum absolute atomic E-state index is 0.125. The van der Waals surface area contributed by atoms with Gasteiger partial charge in [0.05, 0.1) is 5.52 Å². The van der Waals surface area contributed by atoms with Crippen molar-refractivity contribution >= 4 is 16.9 Å². The minimum Gasteiger partial charge on any atom is -0.468 e. The summed E-state index contributed by atoms with van der Waals surface area (Å²) in [6.45, 7) is 7.58. The van der Waals surface area contributed by atoms with Gasteiger partial charge in [-0.15, -0.1) is 0 Å². The predicted octanol–water partition coefficient (Wildman–Crippen LogP) is 2.67. The molecule has 4 aromatic rings. The highest BCUT2D eigenvalue weighted by Crippen LogP contribution is 2.31. The number of nitrogens with two attached hydrogens (primary N) is 2. The van der Waals surface area contributed by atoms with Gasteiger partial charge in [-0.3, -0.25) is 0 Å². The molecule has 1 aromatic carbocycles. The maximum atomic E-state index is 10.2. The Hall–Kier alpha value is -3.94. The molecule has 0 radical (unpaired) electrons. The zero-order valence-corrected chi connectivity index (χ0v) is 19.5. The number of aliphatic hydroxyl groups is 1. The van der Waals surface area contributed by atoms with Gasteiger partial charge in [0.2, 0.25) is 5.88 Å². The van der Waals surface area contributed by atoms with E-state index in [0.717, 1.165) is 5.56 Å². The first-order chi connectivity index (χ1) is 16.2. The van der Waals surface area contributed by atoms with Crippen LogP contribution in [-0.4, -0.2) is 41.6 Å². The van der Waals surface area contributed by atoms with Crippen LogP contribution in [0.1, 0.15) is 45.1 Å². The van der Waals surface area contributed by atoms with Crippen molar-refractivity contribution in [1.29, 1.82) is 0 Å². The Kier molecular flexibility index (Phi) is 6.24. The lowest BCUT2D eigenvalue weighted by molar-refractivity contribution is 0.143. The second-order valence-electron chi connectivity index (χ2n) is 8.47. The number of aromatic nitrogens is 5. The Morgan fingerprint density at radius 2 is 1.94 bits per heavy atom. The van der Waals surface area contributed by atoms with E-state index in [9.17, 15) is 5.11 Å². The summed E-state index contributed by atoms with van der Waals surface area (Å²) in [5.41, 5.74) is 13.8. The molecule has 10 heteroatoms. The topological polar surface area (TPSA) is 151 Å². The number of ether oxygens (including phenoxy) is 1. The van der Waals surface area contributed by atoms with Crippen molar-refractivity contribution < 1.29 is 14.5 Å². The van der Waals surface area contributed by atoms with Gasteiger partial charge in [-0.1, -0.05) is 36.3 Å². The first-order valence-corrected chi connectivity index (χ1v) is 10.9. The summed E-state index contributed by atoms with van der Waals surface area (Å²) in [6, 6.07) is 11.2. The fourth-order valence-corrected chi connectivity index (χ4v) is 3.56. The molecule has 2 atom stereocenters. The number of benzene rings is 1. The normalized spacial score (nSPS) is 13.4. The highest BCUT2D eigenvalue weighted by Gasteiger charge is 2.24. The number of aryl methyl sites for hydroxylation is 1. The summed E-state index contributed by atoms with van der Waals surface area (Å²) in [7, 11) is 0. The zero-order chi connectivity index (χ0) is 24.5. The van der Waals surface area contributed by atoms with Gasteiger partial charge in [0.1, 0.15) is 22.9 Å². The molecule has 0 saturated carbocycles. The molecule has 3 heterocycles. The number of pyridine rings is 1. The SMILES string of the molecule is CCn1c(-c2nonc2N)nc2c(C#CC(C)(C)O)nc(O[C@H](c3ccccc3)[C@H](C)N)cc21. The molecule has 5 N–H and O–H groups in total. The summed E-state index contributed by atoms with van der Waals surface area (Å²) < 4.78 is 13.0. The third-order valence-corrected chi connectivity index (χ3v) is 5.10. The summed E-state index contributed by atoms with van der Waals surface area (Å²) in [5, 5.41) is 17.7. The Labute approximate surface area is 196 Å². The van der Waals surface area contributed by atoms with Gasteiger partial charge < -0.3 is 25.9 Å². The van der Waals surface area contributed by atoms with E-state index in [0.29, 0.717) is 40.7 Å². The number of nitrogens with zero attached hydrogens (tertiary/aromatic N) is 5. The largest absolute Gasteiger partial charge is 0.468 e. The third kappa shape index (κ3) is 4.71. The molecule has 3 aromatic heterocycles. The van der Waals surface area contributed by atoms with Crippen molar-refractivity contribution in [1.82, 2.24) is 24.8 Å². The summed E-state index contributed by atoms with van der Waals surface area (Å²) in [4.78, 5) is 9.31. The Morgan fingerprint density at radius 3 is 2.53 bits per heavy atom. The lowest BCUT2D eigenvalue weighted by atomic mass is 10.0. The summed E-state index contributed by atoms with van der Waals surface area (Å²) in [6.07, 6.45) is -0.436. The molecule has 10 nitrogen and oxygen atoms in total. The van der Waals surface area contributed by atoms with Crippen molar-refractivity contribution in [3.63, 3.8) is 0 Å². The summed E-state index contributed by atoms with van der Waals surface area (Å²) >= 11 is 0. The molecule has 0 aliphatic carbocycles. The van der Waals surface area contributed by atoms with Crippen LogP contribution in [0, 0.1) is 11.8 Å². The molecule has 4 rings (SSSR count). The van der Waals surface area contributed by atoms with Crippen molar-refractivity contribution in [2.75, 3.05) is 5.73 Å². The monoisotopic (exact) mass is 461 g/mol. The molecule has 0 fully saturated rings. The van der Waals surface area contributed by atoms with E-state index >= 15 is 0 Å². The van der Waals surface area contributed by atoms with E-state index in [4.69, 9.17) is 25.8 Å². The Bertz CT molecular complexity index is 1360. The first kappa shape index (κ1) is 23.2. The maximum absolute atomic E-state index is 10.2. The van der Waals surface area contributed by atoms with Gasteiger partial charge in [-0.2, -0.15) is 0 Å². The number of hydrogen-bond acceptors (Lipinski definition) is 9. The van der Waals surface area contributed by atoms with Gasteiger partial charge in [0.15, 0.2) is 17.3 Å². The van der Waals surface area contributed by atoms with Crippen LogP contribution >= 0.6 is 0 Å². The van der Waals surface area contributed by atoms with Gasteiger partial charge in [0, 0.05) is 18.7 Å². The number of rotatable bonds is 6. The van der Waals surface area contributed by atoms with Crippen molar-refractivity contribution in [2.24, 2.45) is 5.73 Å². The Morgan fingerprint density at radius 1 is 1.21 bits per heavy atom. The summed E-state index contributed by atoms with van der Waals surface area (Å²) in [5.74, 6) is 6.66. The van der Waals surface area contributed by atoms with Crippen LogP contribution in [0.5, 0.6) is 5.88 Å². The van der Waals surface area contributed by atoms with E-state index in [1.165, 1.54) is 0 Å². The average molecular weight is 462 g/mol. The molecule has 34 heavy (non-hydrogen) atoms. The fraction of sp³-hybridized carbons (Fsp3) is 0.333. The number of fused-ring (bicyclic) bond motifs is 1. The third-order valence-electron chi connectivity index (χ3n) is 5.10. The van der Waals surface area contributed by atoms with Crippen LogP contribution in [-0.2, 0) is 6.54 Å². The second-order valence-corrected chi connectivity index (χ2v) is 8.47. The molecule has 0 saturated heterocycles. The standard InChI is InChI=1S/C24H27N7O3/c1-5-31-17-13-18(33-21(14(2)25)15-9-7-6-8-10-15)27-16(11-12-24(3,4)32)19(17)28-23(31)20-22(26)30-34-29-20/h6-10,13-14,21,32H,5,25H2,1-4H3,(H2,26,30)/t14-,21-/m0/s1. The highest BCUT2D eigenvalue weighted by molar-refractivity contribution is 5.86. The average Bonchev–Trinajstić information content (AvgIpc) is 3.38. The quantitative estimate of drug-likeness (QED) is 0.368. The smallest absolute Gasteiger partial charge is 0.217 e. The molecule has 176 valence electrons. The van der Waals surface area contributed by atoms with Gasteiger partial charge in [0.25, 0.3) is 0 Å². The molecule has 0 spiro atoms. The minimum atomic E-state index is -1.22. The van der Waals surface area contributed by atoms with E-state index in [2.05, 4.69) is 27.1 Å². The first-order valence-electron chi connectivity index (χ1n) is 10.9. The fourth-order valence-electron chi connectivity index (χ4n) is 3.56. The van der Waals surface area contributed by atoms with Crippen LogP contribution in [0.15, 0.2) is 41.0 Å². The van der Waals surface area contributed by atoms with Crippen LogP contribution in [0.25, 0.3) is 22.6 Å². The number of imidazole rings is 1. The van der Waals surface area contributed by atoms with E-state index < -0.39 is 11.7 Å². The van der Waals surface area contributed by atoms with Crippen molar-refractivity contribution in [3.8, 4) is 29.2 Å². The van der Waals surface area contributed by atoms with Crippen molar-refractivity contribution in [2.45, 2.75) is 52.0 Å². The predicted molar refractivity (Wildman–Crippen MR) is 128 cm³/mol. The van der Waals surface area contributed by atoms with Gasteiger partial charge in [-0.25, -0.2) is 14.6 Å². The highest BCUT2D eigenvalue weighted by atomic mass is 16.6. The van der Waals surface area contributed by atoms with E-state index in [1.54, 1.807) is 19.9 Å². The van der Waals surface area contributed by atoms with Crippen molar-refractivity contribution in [3.05, 3.63) is 47.7 Å². The van der Waals surface area contributed by atoms with Crippen LogP contribution in [0.3, 0.4) is 0 Å². The Balaban J connectivity index is 1.91. The molecule has 0 unspecified atom stereocenters. The lowest BCUT2D eigenvalue weighted by Gasteiger charge is -2.22. The van der Waals surface area contributed by atoms with E-state index in [1.807, 2.05) is 48.7 Å². The van der Waals surface area contributed by atoms with Gasteiger partial charge in [-0.05, 0) is 49.5 Å². The molecule has 0 amide bonds.